The third kappa shape index (κ3) is 2.40. The highest BCUT2D eigenvalue weighted by Crippen LogP contribution is 2.52. The van der Waals surface area contributed by atoms with E-state index < -0.39 is 16.0 Å². The molecule has 0 spiro atoms. The molecule has 2 aliphatic rings. The van der Waals surface area contributed by atoms with Gasteiger partial charge in [-0.1, -0.05) is 13.8 Å². The van der Waals surface area contributed by atoms with Crippen LogP contribution in [0.2, 0.25) is 0 Å². The minimum absolute atomic E-state index is 0.0592. The highest BCUT2D eigenvalue weighted by Gasteiger charge is 2.58. The summed E-state index contributed by atoms with van der Waals surface area (Å²) in [6.07, 6.45) is 1.35. The molecule has 0 saturated carbocycles. The van der Waals surface area contributed by atoms with Gasteiger partial charge in [-0.05, 0) is 13.1 Å². The molecule has 128 valence electrons. The molecule has 0 bridgehead atoms. The molecule has 2 aliphatic heterocycles. The Labute approximate surface area is 136 Å². The minimum Gasteiger partial charge on any atom is -0.464 e. The minimum atomic E-state index is -3.62. The van der Waals surface area contributed by atoms with Crippen LogP contribution in [0.15, 0.2) is 17.2 Å². The molecule has 0 amide bonds. The zero-order chi connectivity index (χ0) is 17.0. The average Bonchev–Trinajstić information content (AvgIpc) is 3.07. The van der Waals surface area contributed by atoms with E-state index in [2.05, 4.69) is 35.5 Å². The number of hydrogen-bond donors (Lipinski definition) is 1. The summed E-state index contributed by atoms with van der Waals surface area (Å²) in [4.78, 5) is 16.5. The topological polar surface area (TPSA) is 82.7 Å². The zero-order valence-corrected chi connectivity index (χ0v) is 14.7. The van der Waals surface area contributed by atoms with Crippen molar-refractivity contribution in [3.8, 4) is 0 Å². The number of esters is 1. The van der Waals surface area contributed by atoms with Crippen molar-refractivity contribution in [2.75, 3.05) is 40.3 Å². The summed E-state index contributed by atoms with van der Waals surface area (Å²) in [6, 6.07) is 1.34. The molecule has 0 aromatic carbocycles. The first kappa shape index (κ1) is 16.5. The number of aromatic amines is 1. The number of rotatable bonds is 3. The van der Waals surface area contributed by atoms with Crippen LogP contribution in [0.4, 0.5) is 0 Å². The molecule has 0 radical (unpaired) electrons. The third-order valence-electron chi connectivity index (χ3n) is 5.45. The predicted molar refractivity (Wildman–Crippen MR) is 84.6 cm³/mol. The summed E-state index contributed by atoms with van der Waals surface area (Å²) < 4.78 is 31.9. The highest BCUT2D eigenvalue weighted by molar-refractivity contribution is 7.89. The summed E-state index contributed by atoms with van der Waals surface area (Å²) in [5, 5.41) is 0. The zero-order valence-electron chi connectivity index (χ0n) is 13.9. The fraction of sp³-hybridized carbons (Fsp3) is 0.667. The van der Waals surface area contributed by atoms with Crippen LogP contribution in [0.1, 0.15) is 24.3 Å². The number of H-pyrrole nitrogens is 1. The molecule has 1 aromatic heterocycles. The van der Waals surface area contributed by atoms with E-state index in [0.717, 1.165) is 13.1 Å². The number of carbonyl (C=O) groups is 1. The number of aromatic nitrogens is 1. The van der Waals surface area contributed by atoms with Gasteiger partial charge in [-0.25, -0.2) is 13.2 Å². The van der Waals surface area contributed by atoms with Crippen molar-refractivity contribution >= 4 is 16.0 Å². The number of nitrogens with zero attached hydrogens (tertiary/aromatic N) is 2. The fourth-order valence-electron chi connectivity index (χ4n) is 4.02. The lowest BCUT2D eigenvalue weighted by atomic mass is 9.71. The van der Waals surface area contributed by atoms with Gasteiger partial charge in [0.15, 0.2) is 0 Å². The quantitative estimate of drug-likeness (QED) is 0.821. The fourth-order valence-corrected chi connectivity index (χ4v) is 5.70. The number of sulfonamides is 1. The maximum atomic E-state index is 12.9. The summed E-state index contributed by atoms with van der Waals surface area (Å²) in [6.45, 7) is 7.07. The molecule has 2 fully saturated rings. The predicted octanol–water partition coefficient (Wildman–Crippen LogP) is 0.764. The van der Waals surface area contributed by atoms with E-state index in [9.17, 15) is 13.2 Å². The Morgan fingerprint density at radius 1 is 1.22 bits per heavy atom. The largest absolute Gasteiger partial charge is 0.464 e. The van der Waals surface area contributed by atoms with Gasteiger partial charge in [-0.2, -0.15) is 4.31 Å². The molecule has 3 heterocycles. The molecular formula is C15H23N3O4S. The van der Waals surface area contributed by atoms with Crippen molar-refractivity contribution in [2.45, 2.75) is 18.7 Å². The lowest BCUT2D eigenvalue weighted by molar-refractivity contribution is 0.0594. The van der Waals surface area contributed by atoms with E-state index in [1.54, 1.807) is 4.31 Å². The molecule has 0 aliphatic carbocycles. The molecule has 2 unspecified atom stereocenters. The van der Waals surface area contributed by atoms with Crippen LogP contribution in [-0.2, 0) is 14.8 Å². The van der Waals surface area contributed by atoms with Gasteiger partial charge in [-0.15, -0.1) is 0 Å². The van der Waals surface area contributed by atoms with Gasteiger partial charge < -0.3 is 14.6 Å². The Bertz CT molecular complexity index is 724. The van der Waals surface area contributed by atoms with Gasteiger partial charge in [0.1, 0.15) is 10.6 Å². The third-order valence-corrected chi connectivity index (χ3v) is 7.21. The standard InChI is InChI=1S/C15H23N3O4S/c1-14-7-17(3)8-15(14,2)10-18(9-14)23(20,21)11-5-12(16-6-11)13(19)22-4/h5-6,16H,7-10H2,1-4H3. The molecule has 2 saturated heterocycles. The Kier molecular flexibility index (Phi) is 3.62. The Hall–Kier alpha value is -1.38. The Morgan fingerprint density at radius 2 is 1.78 bits per heavy atom. The van der Waals surface area contributed by atoms with Gasteiger partial charge in [0.25, 0.3) is 0 Å². The molecule has 3 rings (SSSR count). The number of ether oxygens (including phenoxy) is 1. The molecular weight excluding hydrogens is 318 g/mol. The van der Waals surface area contributed by atoms with Crippen molar-refractivity contribution in [1.29, 1.82) is 0 Å². The lowest BCUT2D eigenvalue weighted by Crippen LogP contribution is -2.34. The Balaban J connectivity index is 1.88. The van der Waals surface area contributed by atoms with Gasteiger partial charge in [0, 0.05) is 43.2 Å². The number of fused-ring (bicyclic) bond motifs is 1. The van der Waals surface area contributed by atoms with Gasteiger partial charge in [-0.3, -0.25) is 0 Å². The van der Waals surface area contributed by atoms with Crippen molar-refractivity contribution in [2.24, 2.45) is 10.8 Å². The van der Waals surface area contributed by atoms with E-state index in [-0.39, 0.29) is 21.4 Å². The van der Waals surface area contributed by atoms with Crippen molar-refractivity contribution in [3.05, 3.63) is 18.0 Å². The number of likely N-dealkylation sites (tertiary alicyclic amines) is 1. The van der Waals surface area contributed by atoms with E-state index in [1.807, 2.05) is 0 Å². The summed E-state index contributed by atoms with van der Waals surface area (Å²) in [7, 11) is -0.287. The maximum absolute atomic E-state index is 12.9. The van der Waals surface area contributed by atoms with E-state index >= 15 is 0 Å². The molecule has 1 N–H and O–H groups in total. The Morgan fingerprint density at radius 3 is 2.30 bits per heavy atom. The molecule has 7 nitrogen and oxygen atoms in total. The van der Waals surface area contributed by atoms with Crippen LogP contribution in [0.25, 0.3) is 0 Å². The van der Waals surface area contributed by atoms with Crippen molar-refractivity contribution < 1.29 is 17.9 Å². The second-order valence-corrected chi connectivity index (χ2v) is 9.25. The first-order valence-corrected chi connectivity index (χ1v) is 9.01. The smallest absolute Gasteiger partial charge is 0.354 e. The number of carbonyl (C=O) groups excluding carboxylic acids is 1. The summed E-state index contributed by atoms with van der Waals surface area (Å²) in [5.74, 6) is -0.578. The van der Waals surface area contributed by atoms with Crippen LogP contribution in [0.5, 0.6) is 0 Å². The summed E-state index contributed by atoms with van der Waals surface area (Å²) >= 11 is 0. The van der Waals surface area contributed by atoms with Crippen LogP contribution in [-0.4, -0.2) is 68.9 Å². The monoisotopic (exact) mass is 341 g/mol. The van der Waals surface area contributed by atoms with Crippen LogP contribution >= 0.6 is 0 Å². The van der Waals surface area contributed by atoms with Crippen molar-refractivity contribution in [1.82, 2.24) is 14.2 Å². The van der Waals surface area contributed by atoms with Gasteiger partial charge in [0.2, 0.25) is 10.0 Å². The first-order valence-electron chi connectivity index (χ1n) is 7.57. The van der Waals surface area contributed by atoms with Crippen LogP contribution in [0.3, 0.4) is 0 Å². The number of nitrogens with one attached hydrogen (secondary N) is 1. The summed E-state index contributed by atoms with van der Waals surface area (Å²) in [5.41, 5.74) is 0.0229. The van der Waals surface area contributed by atoms with Gasteiger partial charge in [0.05, 0.1) is 7.11 Å². The molecule has 2 atom stereocenters. The van der Waals surface area contributed by atoms with E-state index in [1.165, 1.54) is 19.4 Å². The lowest BCUT2D eigenvalue weighted by Gasteiger charge is -2.30. The normalized spacial score (nSPS) is 32.2. The van der Waals surface area contributed by atoms with Crippen molar-refractivity contribution in [3.63, 3.8) is 0 Å². The van der Waals surface area contributed by atoms with E-state index in [0.29, 0.717) is 13.1 Å². The van der Waals surface area contributed by atoms with E-state index in [4.69, 9.17) is 0 Å². The van der Waals surface area contributed by atoms with Crippen LogP contribution in [0, 0.1) is 10.8 Å². The highest BCUT2D eigenvalue weighted by atomic mass is 32.2. The second-order valence-electron chi connectivity index (χ2n) is 7.31. The SMILES string of the molecule is COC(=O)c1cc(S(=O)(=O)N2CC3(C)CN(C)CC3(C)C2)c[nH]1. The first-order chi connectivity index (χ1) is 10.6. The number of hydrogen-bond acceptors (Lipinski definition) is 5. The molecule has 8 heteroatoms. The van der Waals surface area contributed by atoms with Crippen LogP contribution < -0.4 is 0 Å². The molecule has 1 aromatic rings. The average molecular weight is 341 g/mol. The van der Waals surface area contributed by atoms with Gasteiger partial charge >= 0.3 is 5.97 Å². The second kappa shape index (κ2) is 5.06. The molecule has 23 heavy (non-hydrogen) atoms. The number of methoxy groups -OCH3 is 1. The maximum Gasteiger partial charge on any atom is 0.354 e.